The molecule has 3 rings (SSSR count). The van der Waals surface area contributed by atoms with Crippen molar-refractivity contribution < 1.29 is 22.7 Å². The Morgan fingerprint density at radius 2 is 2.11 bits per heavy atom. The van der Waals surface area contributed by atoms with Crippen molar-refractivity contribution in [1.29, 1.82) is 0 Å². The molecule has 1 aliphatic heterocycles. The van der Waals surface area contributed by atoms with Crippen molar-refractivity contribution in [2.75, 3.05) is 18.2 Å². The van der Waals surface area contributed by atoms with Gasteiger partial charge in [-0.25, -0.2) is 13.2 Å². The predicted molar refractivity (Wildman–Crippen MR) is 100 cm³/mol. The lowest BCUT2D eigenvalue weighted by Crippen LogP contribution is -2.45. The average molecular weight is 413 g/mol. The maximum Gasteiger partial charge on any atom is 0.261 e. The summed E-state index contributed by atoms with van der Waals surface area (Å²) in [4.78, 5) is 25.6. The summed E-state index contributed by atoms with van der Waals surface area (Å²) in [5.41, 5.74) is 0.164. The van der Waals surface area contributed by atoms with Gasteiger partial charge in [-0.2, -0.15) is 0 Å². The van der Waals surface area contributed by atoms with E-state index in [1.165, 1.54) is 41.6 Å². The molecule has 1 unspecified atom stereocenters. The van der Waals surface area contributed by atoms with Crippen LogP contribution < -0.4 is 16.2 Å². The first-order valence-corrected chi connectivity index (χ1v) is 9.56. The number of ether oxygens (including phenoxy) is 1. The quantitative estimate of drug-likeness (QED) is 0.713. The molecular weight excluding hydrogens is 395 g/mol. The first kappa shape index (κ1) is 20.3. The Morgan fingerprint density at radius 3 is 2.75 bits per heavy atom. The minimum Gasteiger partial charge on any atom is -0.352 e. The van der Waals surface area contributed by atoms with Gasteiger partial charge in [-0.15, -0.1) is 11.8 Å². The number of hydrogen-bond acceptors (Lipinski definition) is 5. The molecule has 2 N–H and O–H groups in total. The van der Waals surface area contributed by atoms with Gasteiger partial charge < -0.3 is 15.4 Å². The van der Waals surface area contributed by atoms with Gasteiger partial charge in [0.25, 0.3) is 17.9 Å². The number of thioether (sulfide) groups is 1. The Hall–Kier alpha value is -2.46. The normalized spacial score (nSPS) is 16.1. The molecule has 0 saturated heterocycles. The fourth-order valence-electron chi connectivity index (χ4n) is 2.92. The molecule has 2 heterocycles. The molecule has 10 heteroatoms. The minimum atomic E-state index is -2.67. The van der Waals surface area contributed by atoms with Crippen LogP contribution in [0.25, 0.3) is 0 Å². The molecule has 0 aliphatic carbocycles. The second-order valence-corrected chi connectivity index (χ2v) is 7.03. The third kappa shape index (κ3) is 4.17. The monoisotopic (exact) mass is 413 g/mol. The number of aromatic nitrogens is 1. The van der Waals surface area contributed by atoms with E-state index in [9.17, 15) is 22.8 Å². The highest BCUT2D eigenvalue weighted by molar-refractivity contribution is 7.98. The summed E-state index contributed by atoms with van der Waals surface area (Å²) in [5, 5.41) is 5.30. The van der Waals surface area contributed by atoms with Crippen LogP contribution in [0.2, 0.25) is 0 Å². The van der Waals surface area contributed by atoms with Crippen LogP contribution in [0.1, 0.15) is 15.9 Å². The molecule has 0 spiro atoms. The van der Waals surface area contributed by atoms with Crippen LogP contribution in [0, 0.1) is 5.82 Å². The number of benzene rings is 1. The van der Waals surface area contributed by atoms with Crippen molar-refractivity contribution in [3.05, 3.63) is 51.6 Å². The number of rotatable bonds is 6. The van der Waals surface area contributed by atoms with E-state index in [0.717, 1.165) is 4.90 Å². The number of carbonyl (C=O) groups excluding carboxylic acids is 1. The van der Waals surface area contributed by atoms with Gasteiger partial charge in [0.15, 0.2) is 0 Å². The summed E-state index contributed by atoms with van der Waals surface area (Å²) in [5.74, 6) is -1.02. The summed E-state index contributed by atoms with van der Waals surface area (Å²) in [6.45, 7) is -0.830. The fraction of sp³-hybridized carbons (Fsp3) is 0.333. The van der Waals surface area contributed by atoms with Crippen LogP contribution in [-0.4, -0.2) is 36.0 Å². The number of alkyl halides is 2. The maximum atomic E-state index is 14.4. The van der Waals surface area contributed by atoms with Gasteiger partial charge in [-0.1, -0.05) is 0 Å². The van der Waals surface area contributed by atoms with Crippen LogP contribution in [0.3, 0.4) is 0 Å². The summed E-state index contributed by atoms with van der Waals surface area (Å²) < 4.78 is 45.3. The molecule has 2 aromatic rings. The zero-order valence-corrected chi connectivity index (χ0v) is 15.9. The number of nitrogens with zero attached hydrogens (tertiary/aromatic N) is 1. The fourth-order valence-corrected chi connectivity index (χ4v) is 3.34. The van der Waals surface area contributed by atoms with Crippen molar-refractivity contribution in [3.8, 4) is 0 Å². The number of carbonyl (C=O) groups is 1. The van der Waals surface area contributed by atoms with Gasteiger partial charge in [0.2, 0.25) is 0 Å². The first-order valence-electron chi connectivity index (χ1n) is 8.34. The minimum absolute atomic E-state index is 0.0481. The highest BCUT2D eigenvalue weighted by Crippen LogP contribution is 2.29. The molecule has 0 fully saturated rings. The van der Waals surface area contributed by atoms with Gasteiger partial charge in [-0.05, 0) is 30.0 Å². The molecular formula is C18H18F3N3O3S. The zero-order chi connectivity index (χ0) is 20.4. The highest BCUT2D eigenvalue weighted by atomic mass is 32.2. The molecule has 28 heavy (non-hydrogen) atoms. The molecule has 1 aliphatic rings. The lowest BCUT2D eigenvalue weighted by molar-refractivity contribution is -0.0356. The first-order chi connectivity index (χ1) is 13.3. The van der Waals surface area contributed by atoms with Crippen molar-refractivity contribution >= 4 is 29.2 Å². The van der Waals surface area contributed by atoms with Crippen LogP contribution in [0.15, 0.2) is 34.0 Å². The summed E-state index contributed by atoms with van der Waals surface area (Å²) in [6.07, 6.45) is -1.78. The molecule has 1 aromatic heterocycles. The van der Waals surface area contributed by atoms with E-state index in [-0.39, 0.29) is 23.5 Å². The SMILES string of the molecule is CSc1ccc(Nc2c3c(cc(=O)n2C)CC(OCC(F)F)NC3=O)c(F)c1. The number of pyridine rings is 1. The number of halogens is 3. The van der Waals surface area contributed by atoms with E-state index in [1.807, 2.05) is 6.26 Å². The predicted octanol–water partition coefficient (Wildman–Crippen LogP) is 2.88. The van der Waals surface area contributed by atoms with Gasteiger partial charge in [0.05, 0.1) is 11.3 Å². The molecule has 0 saturated carbocycles. The molecule has 1 aromatic carbocycles. The smallest absolute Gasteiger partial charge is 0.261 e. The maximum absolute atomic E-state index is 14.4. The van der Waals surface area contributed by atoms with Crippen LogP contribution in [0.5, 0.6) is 0 Å². The summed E-state index contributed by atoms with van der Waals surface area (Å²) in [6, 6.07) is 5.82. The Morgan fingerprint density at radius 1 is 1.36 bits per heavy atom. The molecule has 0 bridgehead atoms. The van der Waals surface area contributed by atoms with Crippen molar-refractivity contribution in [2.45, 2.75) is 24.0 Å². The number of amides is 1. The molecule has 1 amide bonds. The van der Waals surface area contributed by atoms with Crippen LogP contribution in [-0.2, 0) is 18.2 Å². The molecule has 0 radical (unpaired) electrons. The highest BCUT2D eigenvalue weighted by Gasteiger charge is 2.30. The molecule has 1 atom stereocenters. The van der Waals surface area contributed by atoms with E-state index in [4.69, 9.17) is 4.74 Å². The Labute approximate surface area is 163 Å². The van der Waals surface area contributed by atoms with E-state index in [1.54, 1.807) is 6.07 Å². The zero-order valence-electron chi connectivity index (χ0n) is 15.1. The Bertz CT molecular complexity index is 965. The van der Waals surface area contributed by atoms with Gasteiger partial charge in [0.1, 0.15) is 24.5 Å². The van der Waals surface area contributed by atoms with Crippen LogP contribution in [0.4, 0.5) is 24.7 Å². The molecule has 6 nitrogen and oxygen atoms in total. The van der Waals surface area contributed by atoms with Crippen molar-refractivity contribution in [2.24, 2.45) is 7.05 Å². The third-order valence-electron chi connectivity index (χ3n) is 4.30. The van der Waals surface area contributed by atoms with Gasteiger partial charge in [-0.3, -0.25) is 14.2 Å². The Kier molecular flexibility index (Phi) is 5.99. The number of hydrogen-bond donors (Lipinski definition) is 2. The van der Waals surface area contributed by atoms with E-state index < -0.39 is 36.5 Å². The van der Waals surface area contributed by atoms with Crippen LogP contribution >= 0.6 is 11.8 Å². The Balaban J connectivity index is 1.97. The summed E-state index contributed by atoms with van der Waals surface area (Å²) >= 11 is 1.38. The number of anilines is 2. The van der Waals surface area contributed by atoms with Crippen molar-refractivity contribution in [1.82, 2.24) is 9.88 Å². The lowest BCUT2D eigenvalue weighted by atomic mass is 10.00. The third-order valence-corrected chi connectivity index (χ3v) is 5.02. The lowest BCUT2D eigenvalue weighted by Gasteiger charge is -2.28. The number of nitrogens with one attached hydrogen (secondary N) is 2. The number of fused-ring (bicyclic) bond motifs is 1. The van der Waals surface area contributed by atoms with E-state index in [2.05, 4.69) is 10.6 Å². The van der Waals surface area contributed by atoms with Gasteiger partial charge >= 0.3 is 0 Å². The largest absolute Gasteiger partial charge is 0.352 e. The second-order valence-electron chi connectivity index (χ2n) is 6.15. The van der Waals surface area contributed by atoms with Crippen molar-refractivity contribution in [3.63, 3.8) is 0 Å². The average Bonchev–Trinajstić information content (AvgIpc) is 2.64. The second kappa shape index (κ2) is 8.27. The molecule has 150 valence electrons. The standard InChI is InChI=1S/C18H18F3N3O3S/c1-24-15(25)6-9-5-14(27-8-13(20)21)23-18(26)16(9)17(24)22-12-4-3-10(28-2)7-11(12)19/h3-4,6-7,13-14,22H,5,8H2,1-2H3,(H,23,26). The van der Waals surface area contributed by atoms with Gasteiger partial charge in [0, 0.05) is 24.4 Å². The van der Waals surface area contributed by atoms with E-state index >= 15 is 0 Å². The van der Waals surface area contributed by atoms with E-state index in [0.29, 0.717) is 5.56 Å². The topological polar surface area (TPSA) is 72.4 Å². The summed E-state index contributed by atoms with van der Waals surface area (Å²) in [7, 11) is 1.45.